The number of carbonyl (C=O) groups is 1. The average molecular weight is 405 g/mol. The maximum absolute atomic E-state index is 12.7. The highest BCUT2D eigenvalue weighted by atomic mass is 16.6. The maximum Gasteiger partial charge on any atom is 0.295 e. The first-order chi connectivity index (χ1) is 14.4. The molecule has 0 saturated carbocycles. The Morgan fingerprint density at radius 2 is 1.70 bits per heavy atom. The van der Waals surface area contributed by atoms with Crippen LogP contribution in [0.1, 0.15) is 21.7 Å². The van der Waals surface area contributed by atoms with E-state index in [1.807, 2.05) is 61.2 Å². The monoisotopic (exact) mass is 405 g/mol. The van der Waals surface area contributed by atoms with E-state index in [-0.39, 0.29) is 16.5 Å². The molecule has 0 N–H and O–H groups in total. The largest absolute Gasteiger partial charge is 0.368 e. The summed E-state index contributed by atoms with van der Waals surface area (Å²) in [6.07, 6.45) is 0. The Labute approximate surface area is 174 Å². The molecule has 1 aliphatic rings. The Balaban J connectivity index is 1.55. The van der Waals surface area contributed by atoms with Gasteiger partial charge in [0, 0.05) is 49.2 Å². The zero-order valence-electron chi connectivity index (χ0n) is 17.0. The van der Waals surface area contributed by atoms with Crippen molar-refractivity contribution in [3.8, 4) is 5.69 Å². The number of aryl methyl sites for hydroxylation is 2. The van der Waals surface area contributed by atoms with Crippen LogP contribution in [0.25, 0.3) is 5.69 Å². The molecule has 2 aromatic carbocycles. The highest BCUT2D eigenvalue weighted by Crippen LogP contribution is 2.29. The summed E-state index contributed by atoms with van der Waals surface area (Å²) in [6, 6.07) is 16.3. The number of hydrogen-bond acceptors (Lipinski definition) is 5. The summed E-state index contributed by atoms with van der Waals surface area (Å²) in [5, 5.41) is 16.0. The van der Waals surface area contributed by atoms with Crippen LogP contribution in [-0.2, 0) is 0 Å². The number of carbonyl (C=O) groups excluding carboxylic acids is 1. The highest BCUT2D eigenvalue weighted by molar-refractivity contribution is 5.94. The summed E-state index contributed by atoms with van der Waals surface area (Å²) in [5.41, 5.74) is 3.68. The van der Waals surface area contributed by atoms with E-state index in [2.05, 4.69) is 10.00 Å². The topological polar surface area (TPSA) is 84.5 Å². The molecule has 4 rings (SSSR count). The van der Waals surface area contributed by atoms with Crippen molar-refractivity contribution in [3.63, 3.8) is 0 Å². The van der Waals surface area contributed by atoms with Crippen molar-refractivity contribution in [1.29, 1.82) is 0 Å². The summed E-state index contributed by atoms with van der Waals surface area (Å²) >= 11 is 0. The minimum Gasteiger partial charge on any atom is -0.368 e. The van der Waals surface area contributed by atoms with Crippen molar-refractivity contribution < 1.29 is 9.72 Å². The minimum absolute atomic E-state index is 0.0165. The van der Waals surface area contributed by atoms with Gasteiger partial charge in [-0.2, -0.15) is 5.10 Å². The van der Waals surface area contributed by atoms with Crippen LogP contribution in [0.5, 0.6) is 0 Å². The molecular weight excluding hydrogens is 382 g/mol. The van der Waals surface area contributed by atoms with Crippen molar-refractivity contribution >= 4 is 17.3 Å². The highest BCUT2D eigenvalue weighted by Gasteiger charge is 2.25. The number of aromatic nitrogens is 2. The second kappa shape index (κ2) is 7.98. The lowest BCUT2D eigenvalue weighted by Gasteiger charge is -2.36. The zero-order chi connectivity index (χ0) is 21.3. The van der Waals surface area contributed by atoms with Gasteiger partial charge in [-0.15, -0.1) is 0 Å². The van der Waals surface area contributed by atoms with Crippen LogP contribution in [0, 0.1) is 24.0 Å². The van der Waals surface area contributed by atoms with Gasteiger partial charge in [-0.05, 0) is 44.2 Å². The Hall–Kier alpha value is -3.68. The van der Waals surface area contributed by atoms with Gasteiger partial charge >= 0.3 is 0 Å². The smallest absolute Gasteiger partial charge is 0.295 e. The number of benzene rings is 2. The predicted molar refractivity (Wildman–Crippen MR) is 114 cm³/mol. The number of piperazine rings is 1. The van der Waals surface area contributed by atoms with E-state index in [0.717, 1.165) is 17.1 Å². The number of nitro benzene ring substituents is 1. The van der Waals surface area contributed by atoms with Crippen molar-refractivity contribution in [2.45, 2.75) is 13.8 Å². The molecule has 3 aromatic rings. The standard InChI is InChI=1S/C22H23N5O3/c1-16-14-17(2)26(23-16)21-15-19(8-9-20(21)27(29)30)24-10-12-25(13-11-24)22(28)18-6-4-3-5-7-18/h3-9,14-15H,10-13H2,1-2H3. The van der Waals surface area contributed by atoms with Crippen LogP contribution < -0.4 is 4.90 Å². The first-order valence-corrected chi connectivity index (χ1v) is 9.85. The molecule has 0 unspecified atom stereocenters. The Morgan fingerprint density at radius 3 is 2.30 bits per heavy atom. The number of hydrogen-bond donors (Lipinski definition) is 0. The van der Waals surface area contributed by atoms with Gasteiger partial charge in [-0.25, -0.2) is 4.68 Å². The molecule has 1 amide bonds. The van der Waals surface area contributed by atoms with Gasteiger partial charge in [-0.1, -0.05) is 18.2 Å². The van der Waals surface area contributed by atoms with Gasteiger partial charge in [-0.3, -0.25) is 14.9 Å². The molecule has 8 heteroatoms. The van der Waals surface area contributed by atoms with E-state index in [9.17, 15) is 14.9 Å². The summed E-state index contributed by atoms with van der Waals surface area (Å²) in [6.45, 7) is 6.26. The Morgan fingerprint density at radius 1 is 1.00 bits per heavy atom. The van der Waals surface area contributed by atoms with Crippen molar-refractivity contribution in [2.24, 2.45) is 0 Å². The molecule has 8 nitrogen and oxygen atoms in total. The van der Waals surface area contributed by atoms with Gasteiger partial charge < -0.3 is 9.80 Å². The molecule has 2 heterocycles. The molecule has 0 spiro atoms. The summed E-state index contributed by atoms with van der Waals surface area (Å²) in [5.74, 6) is 0.0299. The van der Waals surface area contributed by atoms with Crippen LogP contribution >= 0.6 is 0 Å². The van der Waals surface area contributed by atoms with Gasteiger partial charge in [0.1, 0.15) is 5.69 Å². The third-order valence-corrected chi connectivity index (χ3v) is 5.35. The van der Waals surface area contributed by atoms with Crippen LogP contribution in [-0.4, -0.2) is 51.7 Å². The lowest BCUT2D eigenvalue weighted by molar-refractivity contribution is -0.384. The van der Waals surface area contributed by atoms with Gasteiger partial charge in [0.2, 0.25) is 0 Å². The van der Waals surface area contributed by atoms with Crippen molar-refractivity contribution in [3.05, 3.63) is 81.7 Å². The van der Waals surface area contributed by atoms with E-state index in [4.69, 9.17) is 0 Å². The molecular formula is C22H23N5O3. The predicted octanol–water partition coefficient (Wildman–Crippen LogP) is 3.36. The SMILES string of the molecule is Cc1cc(C)n(-c2cc(N3CCN(C(=O)c4ccccc4)CC3)ccc2[N+](=O)[O-])n1. The molecule has 0 atom stereocenters. The Kier molecular flexibility index (Phi) is 5.22. The van der Waals surface area contributed by atoms with Crippen molar-refractivity contribution in [2.75, 3.05) is 31.1 Å². The molecule has 0 radical (unpaired) electrons. The summed E-state index contributed by atoms with van der Waals surface area (Å²) in [7, 11) is 0. The van der Waals surface area contributed by atoms with Gasteiger partial charge in [0.25, 0.3) is 11.6 Å². The van der Waals surface area contributed by atoms with E-state index >= 15 is 0 Å². The minimum atomic E-state index is -0.383. The maximum atomic E-state index is 12.7. The molecule has 0 aliphatic carbocycles. The average Bonchev–Trinajstić information content (AvgIpc) is 3.11. The fourth-order valence-corrected chi connectivity index (χ4v) is 3.84. The van der Waals surface area contributed by atoms with Crippen LogP contribution in [0.15, 0.2) is 54.6 Å². The molecule has 154 valence electrons. The fraction of sp³-hybridized carbons (Fsp3) is 0.273. The molecule has 30 heavy (non-hydrogen) atoms. The van der Waals surface area contributed by atoms with E-state index in [1.54, 1.807) is 10.7 Å². The number of anilines is 1. The molecule has 0 bridgehead atoms. The quantitative estimate of drug-likeness (QED) is 0.491. The number of amides is 1. The van der Waals surface area contributed by atoms with E-state index < -0.39 is 0 Å². The molecule has 1 aliphatic heterocycles. The third-order valence-electron chi connectivity index (χ3n) is 5.35. The van der Waals surface area contributed by atoms with Crippen molar-refractivity contribution in [1.82, 2.24) is 14.7 Å². The van der Waals surface area contributed by atoms with Crippen LogP contribution in [0.3, 0.4) is 0 Å². The fourth-order valence-electron chi connectivity index (χ4n) is 3.84. The number of nitro groups is 1. The Bertz CT molecular complexity index is 1090. The summed E-state index contributed by atoms with van der Waals surface area (Å²) in [4.78, 5) is 27.8. The third kappa shape index (κ3) is 3.76. The lowest BCUT2D eigenvalue weighted by Crippen LogP contribution is -2.48. The van der Waals surface area contributed by atoms with E-state index in [0.29, 0.717) is 37.4 Å². The second-order valence-corrected chi connectivity index (χ2v) is 7.41. The second-order valence-electron chi connectivity index (χ2n) is 7.41. The number of nitrogens with zero attached hydrogens (tertiary/aromatic N) is 5. The molecule has 1 aromatic heterocycles. The molecule has 1 fully saturated rings. The van der Waals surface area contributed by atoms with Gasteiger partial charge in [0.15, 0.2) is 0 Å². The number of rotatable bonds is 4. The molecule has 1 saturated heterocycles. The van der Waals surface area contributed by atoms with Crippen LogP contribution in [0.2, 0.25) is 0 Å². The summed E-state index contributed by atoms with van der Waals surface area (Å²) < 4.78 is 1.62. The normalized spacial score (nSPS) is 14.1. The first kappa shape index (κ1) is 19.6. The lowest BCUT2D eigenvalue weighted by atomic mass is 10.1. The van der Waals surface area contributed by atoms with Crippen LogP contribution in [0.4, 0.5) is 11.4 Å². The van der Waals surface area contributed by atoms with E-state index in [1.165, 1.54) is 6.07 Å². The van der Waals surface area contributed by atoms with Gasteiger partial charge in [0.05, 0.1) is 10.6 Å². The first-order valence-electron chi connectivity index (χ1n) is 9.85. The zero-order valence-corrected chi connectivity index (χ0v) is 17.0.